The maximum atomic E-state index is 12.1. The van der Waals surface area contributed by atoms with Crippen molar-refractivity contribution in [3.8, 4) is 0 Å². The van der Waals surface area contributed by atoms with Crippen molar-refractivity contribution in [2.45, 2.75) is 6.92 Å². The van der Waals surface area contributed by atoms with Crippen LogP contribution in [-0.4, -0.2) is 29.4 Å². The van der Waals surface area contributed by atoms with Crippen molar-refractivity contribution in [1.29, 1.82) is 0 Å². The van der Waals surface area contributed by atoms with Crippen molar-refractivity contribution in [2.24, 2.45) is 0 Å². The smallest absolute Gasteiger partial charge is 0.226 e. The molecule has 0 saturated heterocycles. The van der Waals surface area contributed by atoms with E-state index < -0.39 is 4.48 Å². The number of nitrogens with zero attached hydrogens (tertiary/aromatic N) is 1. The minimum atomic E-state index is -0.397. The Bertz CT molecular complexity index is 343. The number of amides is 2. The van der Waals surface area contributed by atoms with E-state index in [4.69, 9.17) is 0 Å². The molecule has 0 heterocycles. The summed E-state index contributed by atoms with van der Waals surface area (Å²) in [4.78, 5) is 23.9. The summed E-state index contributed by atoms with van der Waals surface area (Å²) in [6.45, 7) is 16.1. The Morgan fingerprint density at radius 3 is 1.81 bits per heavy atom. The Hall–Kier alpha value is -1.74. The highest BCUT2D eigenvalue weighted by Gasteiger charge is 2.40. The first-order chi connectivity index (χ1) is 7.46. The van der Waals surface area contributed by atoms with E-state index in [9.17, 15) is 9.59 Å². The number of imide groups is 1. The Kier molecular flexibility index (Phi) is 5.33. The molecular formula is C13H18NO2+. The summed E-state index contributed by atoms with van der Waals surface area (Å²) in [6, 6.07) is 0. The Morgan fingerprint density at radius 1 is 1.12 bits per heavy atom. The summed E-state index contributed by atoms with van der Waals surface area (Å²) in [5.74, 6) is -0.697. The predicted octanol–water partition coefficient (Wildman–Crippen LogP) is 1.99. The molecule has 0 rings (SSSR count). The van der Waals surface area contributed by atoms with E-state index in [1.54, 1.807) is 6.92 Å². The zero-order valence-electron chi connectivity index (χ0n) is 9.74. The molecule has 0 bridgehead atoms. The lowest BCUT2D eigenvalue weighted by molar-refractivity contribution is -0.761. The first-order valence-corrected chi connectivity index (χ1v) is 4.92. The molecule has 0 aliphatic heterocycles. The first kappa shape index (κ1) is 14.3. The van der Waals surface area contributed by atoms with E-state index in [0.29, 0.717) is 5.57 Å². The van der Waals surface area contributed by atoms with Crippen LogP contribution in [0.5, 0.6) is 0 Å². The molecule has 3 nitrogen and oxygen atoms in total. The van der Waals surface area contributed by atoms with Crippen LogP contribution in [0, 0.1) is 0 Å². The van der Waals surface area contributed by atoms with Crippen molar-refractivity contribution >= 4 is 11.8 Å². The van der Waals surface area contributed by atoms with E-state index in [1.165, 1.54) is 12.2 Å². The Balaban J connectivity index is 5.57. The molecule has 0 aliphatic rings. The number of carbonyl (C=O) groups is 2. The lowest BCUT2D eigenvalue weighted by Crippen LogP contribution is -2.56. The van der Waals surface area contributed by atoms with Crippen LogP contribution in [0.2, 0.25) is 0 Å². The van der Waals surface area contributed by atoms with Gasteiger partial charge >= 0.3 is 11.8 Å². The molecule has 0 fully saturated rings. The van der Waals surface area contributed by atoms with Gasteiger partial charge in [-0.2, -0.15) is 4.48 Å². The minimum absolute atomic E-state index is 0.211. The van der Waals surface area contributed by atoms with Gasteiger partial charge in [-0.3, -0.25) is 0 Å². The van der Waals surface area contributed by atoms with Crippen molar-refractivity contribution in [3.63, 3.8) is 0 Å². The summed E-state index contributed by atoms with van der Waals surface area (Å²) in [7, 11) is 0. The summed E-state index contributed by atoms with van der Waals surface area (Å²) in [5.41, 5.74) is 0.332. The van der Waals surface area contributed by atoms with Crippen LogP contribution in [-0.2, 0) is 9.59 Å². The number of rotatable bonds is 6. The van der Waals surface area contributed by atoms with Crippen LogP contribution in [0.1, 0.15) is 6.92 Å². The van der Waals surface area contributed by atoms with Crippen LogP contribution < -0.4 is 0 Å². The summed E-state index contributed by atoms with van der Waals surface area (Å²) in [6.07, 6.45) is 4.21. The van der Waals surface area contributed by atoms with Gasteiger partial charge in [0.1, 0.15) is 13.1 Å². The number of quaternary nitrogens is 1. The molecule has 0 aromatic heterocycles. The maximum Gasteiger partial charge on any atom is 0.349 e. The fourth-order valence-corrected chi connectivity index (χ4v) is 1.50. The molecular weight excluding hydrogens is 202 g/mol. The zero-order chi connectivity index (χ0) is 12.8. The molecule has 0 unspecified atom stereocenters. The molecule has 2 amide bonds. The third-order valence-electron chi connectivity index (χ3n) is 2.23. The molecule has 0 radical (unpaired) electrons. The Labute approximate surface area is 96.7 Å². The van der Waals surface area contributed by atoms with Gasteiger partial charge in [-0.25, -0.2) is 9.59 Å². The maximum absolute atomic E-state index is 12.1. The van der Waals surface area contributed by atoms with Crippen LogP contribution >= 0.6 is 0 Å². The Morgan fingerprint density at radius 2 is 1.56 bits per heavy atom. The third kappa shape index (κ3) is 2.64. The van der Waals surface area contributed by atoms with Crippen LogP contribution in [0.4, 0.5) is 0 Å². The largest absolute Gasteiger partial charge is 0.349 e. The average molecular weight is 220 g/mol. The van der Waals surface area contributed by atoms with Gasteiger partial charge < -0.3 is 0 Å². The highest BCUT2D eigenvalue weighted by Crippen LogP contribution is 2.15. The highest BCUT2D eigenvalue weighted by molar-refractivity contribution is 5.98. The fraction of sp³-hybridized carbons (Fsp3) is 0.231. The van der Waals surface area contributed by atoms with Crippen LogP contribution in [0.15, 0.2) is 50.1 Å². The van der Waals surface area contributed by atoms with Gasteiger partial charge in [0.2, 0.25) is 0 Å². The lowest BCUT2D eigenvalue weighted by Gasteiger charge is -2.30. The summed E-state index contributed by atoms with van der Waals surface area (Å²) >= 11 is 0. The second kappa shape index (κ2) is 5.98. The average Bonchev–Trinajstić information content (AvgIpc) is 2.26. The monoisotopic (exact) mass is 220 g/mol. The molecule has 86 valence electrons. The van der Waals surface area contributed by atoms with Crippen LogP contribution in [0.3, 0.4) is 0 Å². The van der Waals surface area contributed by atoms with Gasteiger partial charge in [-0.05, 0) is 19.1 Å². The lowest BCUT2D eigenvalue weighted by atomic mass is 10.2. The van der Waals surface area contributed by atoms with Gasteiger partial charge in [0.15, 0.2) is 0 Å². The predicted molar refractivity (Wildman–Crippen MR) is 65.4 cm³/mol. The number of hydrogen-bond donors (Lipinski definition) is 0. The quantitative estimate of drug-likeness (QED) is 0.390. The molecule has 0 atom stereocenters. The van der Waals surface area contributed by atoms with Gasteiger partial charge in [0.05, 0.1) is 0 Å². The topological polar surface area (TPSA) is 34.1 Å². The molecule has 0 aromatic rings. The molecule has 0 aliphatic carbocycles. The molecule has 0 saturated carbocycles. The van der Waals surface area contributed by atoms with E-state index in [0.717, 1.165) is 6.08 Å². The van der Waals surface area contributed by atoms with E-state index in [-0.39, 0.29) is 24.9 Å². The SMILES string of the molecule is C=CC[N+](CC=C)(C(=O)C=C)C(=O)C(=C)C. The van der Waals surface area contributed by atoms with Crippen molar-refractivity contribution in [3.05, 3.63) is 50.1 Å². The summed E-state index contributed by atoms with van der Waals surface area (Å²) < 4.78 is -0.397. The first-order valence-electron chi connectivity index (χ1n) is 4.92. The second-order valence-corrected chi connectivity index (χ2v) is 3.54. The second-order valence-electron chi connectivity index (χ2n) is 3.54. The zero-order valence-corrected chi connectivity index (χ0v) is 9.74. The van der Waals surface area contributed by atoms with Gasteiger partial charge in [-0.15, -0.1) is 0 Å². The molecule has 0 N–H and O–H groups in total. The highest BCUT2D eigenvalue weighted by atomic mass is 16.2. The molecule has 3 heteroatoms. The van der Waals surface area contributed by atoms with Gasteiger partial charge in [0, 0.05) is 11.6 Å². The van der Waals surface area contributed by atoms with Crippen molar-refractivity contribution in [2.75, 3.05) is 13.1 Å². The normalized spacial score (nSPS) is 10.3. The number of hydrogen-bond acceptors (Lipinski definition) is 2. The van der Waals surface area contributed by atoms with Gasteiger partial charge in [0.25, 0.3) is 0 Å². The molecule has 0 aromatic carbocycles. The molecule has 0 spiro atoms. The van der Waals surface area contributed by atoms with E-state index in [2.05, 4.69) is 26.3 Å². The standard InChI is InChI=1S/C13H18NO2/c1-6-9-14(10-7-2,12(15)8-3)13(16)11(4)5/h6-8H,1-4,9-10H2,5H3/q+1. The van der Waals surface area contributed by atoms with E-state index >= 15 is 0 Å². The van der Waals surface area contributed by atoms with Crippen molar-refractivity contribution in [1.82, 2.24) is 0 Å². The fourth-order valence-electron chi connectivity index (χ4n) is 1.50. The van der Waals surface area contributed by atoms with Gasteiger partial charge in [-0.1, -0.05) is 26.3 Å². The van der Waals surface area contributed by atoms with Crippen LogP contribution in [0.25, 0.3) is 0 Å². The third-order valence-corrected chi connectivity index (χ3v) is 2.23. The molecule has 16 heavy (non-hydrogen) atoms. The van der Waals surface area contributed by atoms with Crippen molar-refractivity contribution < 1.29 is 14.1 Å². The van der Waals surface area contributed by atoms with E-state index in [1.807, 2.05) is 0 Å². The number of carbonyl (C=O) groups excluding carboxylic acids is 2. The minimum Gasteiger partial charge on any atom is -0.226 e. The summed E-state index contributed by atoms with van der Waals surface area (Å²) in [5, 5.41) is 0.